The minimum Gasteiger partial charge on any atom is -0.481 e. The Morgan fingerprint density at radius 1 is 0.814 bits per heavy atom. The number of carboxylic acid groups (broad SMARTS) is 1. The van der Waals surface area contributed by atoms with Crippen molar-refractivity contribution >= 4 is 23.4 Å². The van der Waals surface area contributed by atoms with E-state index in [4.69, 9.17) is 5.11 Å². The Labute approximate surface area is 247 Å². The van der Waals surface area contributed by atoms with E-state index in [0.29, 0.717) is 17.0 Å². The van der Waals surface area contributed by atoms with E-state index < -0.39 is 35.7 Å². The van der Waals surface area contributed by atoms with Gasteiger partial charge in [0, 0.05) is 29.7 Å². The normalized spacial score (nSPS) is 14.5. The fourth-order valence-electron chi connectivity index (χ4n) is 5.32. The van der Waals surface area contributed by atoms with Crippen LogP contribution in [0.25, 0.3) is 0 Å². The first-order valence-corrected chi connectivity index (χ1v) is 14.1. The summed E-state index contributed by atoms with van der Waals surface area (Å²) < 4.78 is 42.0. The maximum atomic E-state index is 13.7. The molecule has 0 saturated heterocycles. The third-order valence-electron chi connectivity index (χ3n) is 7.59. The Balaban J connectivity index is 1.54. The van der Waals surface area contributed by atoms with Gasteiger partial charge in [-0.25, -0.2) is 0 Å². The van der Waals surface area contributed by atoms with E-state index in [2.05, 4.69) is 10.1 Å². The zero-order valence-corrected chi connectivity index (χ0v) is 23.4. The number of carboxylic acids is 1. The van der Waals surface area contributed by atoms with Crippen LogP contribution in [0.3, 0.4) is 0 Å². The average Bonchev–Trinajstić information content (AvgIpc) is 2.99. The van der Waals surface area contributed by atoms with Crippen molar-refractivity contribution in [2.75, 3.05) is 6.54 Å². The van der Waals surface area contributed by atoms with E-state index in [1.165, 1.54) is 61.2 Å². The molecule has 0 radical (unpaired) electrons. The molecule has 7 nitrogen and oxygen atoms in total. The molecular formula is C33H32F3NO6. The number of ketones is 2. The van der Waals surface area contributed by atoms with Crippen LogP contribution in [-0.2, 0) is 4.79 Å². The first-order chi connectivity index (χ1) is 20.5. The third kappa shape index (κ3) is 9.01. The first-order valence-electron chi connectivity index (χ1n) is 14.1. The fraction of sp³-hybridized carbons (Fsp3) is 0.333. The molecule has 2 N–H and O–H groups in total. The summed E-state index contributed by atoms with van der Waals surface area (Å²) in [7, 11) is 0. The van der Waals surface area contributed by atoms with Crippen LogP contribution >= 0.6 is 0 Å². The molecule has 0 bridgehead atoms. The Hall–Kier alpha value is -4.47. The molecule has 1 fully saturated rings. The third-order valence-corrected chi connectivity index (χ3v) is 7.59. The monoisotopic (exact) mass is 595 g/mol. The number of halogens is 3. The SMILES string of the molecule is O=C(O)CCNC(=O)c1ccc(C(=O)C(CC(=O)c2ccc(C3CCCCC3)cc2)c2ccc(OC(F)(F)F)cc2)cc1. The van der Waals surface area contributed by atoms with Gasteiger partial charge in [0.15, 0.2) is 11.6 Å². The van der Waals surface area contributed by atoms with E-state index in [-0.39, 0.29) is 36.3 Å². The lowest BCUT2D eigenvalue weighted by Crippen LogP contribution is -2.26. The van der Waals surface area contributed by atoms with Crippen LogP contribution in [0.4, 0.5) is 13.2 Å². The Kier molecular flexibility index (Phi) is 10.3. The molecule has 1 amide bonds. The van der Waals surface area contributed by atoms with Crippen molar-refractivity contribution in [3.63, 3.8) is 0 Å². The lowest BCUT2D eigenvalue weighted by molar-refractivity contribution is -0.274. The molecule has 0 aliphatic heterocycles. The van der Waals surface area contributed by atoms with Gasteiger partial charge in [0.25, 0.3) is 5.91 Å². The number of hydrogen-bond donors (Lipinski definition) is 2. The van der Waals surface area contributed by atoms with Crippen LogP contribution in [0.2, 0.25) is 0 Å². The van der Waals surface area contributed by atoms with Crippen LogP contribution in [-0.4, -0.2) is 41.5 Å². The van der Waals surface area contributed by atoms with Crippen molar-refractivity contribution in [2.24, 2.45) is 0 Å². The predicted octanol–water partition coefficient (Wildman–Crippen LogP) is 7.08. The van der Waals surface area contributed by atoms with Gasteiger partial charge in [-0.15, -0.1) is 13.2 Å². The molecule has 3 aromatic carbocycles. The number of hydrogen-bond acceptors (Lipinski definition) is 5. The number of Topliss-reactive ketones (excluding diaryl/α,β-unsaturated/α-hetero) is 2. The molecule has 43 heavy (non-hydrogen) atoms. The summed E-state index contributed by atoms with van der Waals surface area (Å²) >= 11 is 0. The summed E-state index contributed by atoms with van der Waals surface area (Å²) in [5, 5.41) is 11.2. The largest absolute Gasteiger partial charge is 0.573 e. The second-order valence-corrected chi connectivity index (χ2v) is 10.6. The van der Waals surface area contributed by atoms with Gasteiger partial charge in [-0.1, -0.05) is 67.8 Å². The number of nitrogens with one attached hydrogen (secondary N) is 1. The number of ether oxygens (including phenoxy) is 1. The van der Waals surface area contributed by atoms with Gasteiger partial charge < -0.3 is 15.2 Å². The first kappa shape index (κ1) is 31.5. The molecule has 1 aliphatic rings. The summed E-state index contributed by atoms with van der Waals surface area (Å²) in [6.45, 7) is -0.0608. The molecule has 0 aromatic heterocycles. The molecule has 1 aliphatic carbocycles. The smallest absolute Gasteiger partial charge is 0.481 e. The van der Waals surface area contributed by atoms with Crippen molar-refractivity contribution in [3.05, 3.63) is 101 Å². The highest BCUT2D eigenvalue weighted by molar-refractivity contribution is 6.06. The van der Waals surface area contributed by atoms with Crippen LogP contribution < -0.4 is 10.1 Å². The second-order valence-electron chi connectivity index (χ2n) is 10.6. The van der Waals surface area contributed by atoms with Gasteiger partial charge in [-0.2, -0.15) is 0 Å². The molecule has 10 heteroatoms. The molecule has 1 saturated carbocycles. The Morgan fingerprint density at radius 3 is 1.98 bits per heavy atom. The summed E-state index contributed by atoms with van der Waals surface area (Å²) in [6.07, 6.45) is 0.470. The van der Waals surface area contributed by atoms with E-state index in [9.17, 15) is 32.3 Å². The van der Waals surface area contributed by atoms with Gasteiger partial charge in [0.1, 0.15) is 5.75 Å². The average molecular weight is 596 g/mol. The van der Waals surface area contributed by atoms with Crippen molar-refractivity contribution < 1.29 is 42.2 Å². The molecule has 226 valence electrons. The van der Waals surface area contributed by atoms with E-state index in [1.54, 1.807) is 12.1 Å². The zero-order valence-electron chi connectivity index (χ0n) is 23.4. The highest BCUT2D eigenvalue weighted by atomic mass is 19.4. The number of rotatable bonds is 12. The minimum absolute atomic E-state index is 0.0608. The van der Waals surface area contributed by atoms with E-state index in [1.807, 2.05) is 12.1 Å². The van der Waals surface area contributed by atoms with Gasteiger partial charge in [0.2, 0.25) is 0 Å². The lowest BCUT2D eigenvalue weighted by Gasteiger charge is -2.22. The number of benzene rings is 3. The summed E-state index contributed by atoms with van der Waals surface area (Å²) in [4.78, 5) is 50.0. The molecule has 0 spiro atoms. The number of amides is 1. The van der Waals surface area contributed by atoms with Gasteiger partial charge in [-0.05, 0) is 54.2 Å². The molecule has 4 rings (SSSR count). The van der Waals surface area contributed by atoms with Crippen molar-refractivity contribution in [1.29, 1.82) is 0 Å². The van der Waals surface area contributed by atoms with Gasteiger partial charge in [0.05, 0.1) is 12.3 Å². The maximum Gasteiger partial charge on any atom is 0.573 e. The molecule has 0 heterocycles. The highest BCUT2D eigenvalue weighted by Gasteiger charge is 2.32. The number of carbonyl (C=O) groups excluding carboxylic acids is 3. The van der Waals surface area contributed by atoms with Crippen LogP contribution in [0.1, 0.15) is 99.0 Å². The summed E-state index contributed by atoms with van der Waals surface area (Å²) in [5.74, 6) is -3.31. The molecular weight excluding hydrogens is 563 g/mol. The van der Waals surface area contributed by atoms with Crippen LogP contribution in [0, 0.1) is 0 Å². The molecule has 1 atom stereocenters. The topological polar surface area (TPSA) is 110 Å². The summed E-state index contributed by atoms with van der Waals surface area (Å²) in [6, 6.07) is 17.9. The van der Waals surface area contributed by atoms with Crippen molar-refractivity contribution in [2.45, 2.75) is 63.1 Å². The second kappa shape index (κ2) is 14.1. The van der Waals surface area contributed by atoms with Gasteiger partial charge in [-0.3, -0.25) is 19.2 Å². The quantitative estimate of drug-likeness (QED) is 0.217. The molecule has 3 aromatic rings. The standard InChI is InChI=1S/C33H32F3NO6/c34-33(35,36)43-27-16-14-23(15-17-27)28(20-29(38)24-8-6-22(7-9-24)21-4-2-1-3-5-21)31(41)25-10-12-26(13-11-25)32(42)37-19-18-30(39)40/h6-17,21,28H,1-5,18-20H2,(H,37,42)(H,39,40). The van der Waals surface area contributed by atoms with Crippen molar-refractivity contribution in [3.8, 4) is 5.75 Å². The maximum absolute atomic E-state index is 13.7. The van der Waals surface area contributed by atoms with Crippen LogP contribution in [0.5, 0.6) is 5.75 Å². The molecule has 1 unspecified atom stereocenters. The number of alkyl halides is 3. The Morgan fingerprint density at radius 2 is 1.40 bits per heavy atom. The predicted molar refractivity (Wildman–Crippen MR) is 152 cm³/mol. The van der Waals surface area contributed by atoms with E-state index in [0.717, 1.165) is 25.0 Å². The zero-order chi connectivity index (χ0) is 31.0. The van der Waals surface area contributed by atoms with Crippen LogP contribution in [0.15, 0.2) is 72.8 Å². The summed E-state index contributed by atoms with van der Waals surface area (Å²) in [5.41, 5.74) is 2.35. The van der Waals surface area contributed by atoms with E-state index >= 15 is 0 Å². The van der Waals surface area contributed by atoms with Crippen molar-refractivity contribution in [1.82, 2.24) is 5.32 Å². The number of aliphatic carboxylic acids is 1. The minimum atomic E-state index is -4.88. The fourth-order valence-corrected chi connectivity index (χ4v) is 5.32. The Bertz CT molecular complexity index is 1430. The van der Waals surface area contributed by atoms with Gasteiger partial charge >= 0.3 is 12.3 Å². The number of carbonyl (C=O) groups is 4. The highest BCUT2D eigenvalue weighted by Crippen LogP contribution is 2.34. The lowest BCUT2D eigenvalue weighted by atomic mass is 9.83.